The fourth-order valence-electron chi connectivity index (χ4n) is 2.29. The lowest BCUT2D eigenvalue weighted by Gasteiger charge is -2.16. The van der Waals surface area contributed by atoms with Gasteiger partial charge in [0.25, 0.3) is 0 Å². The molecule has 0 fully saturated rings. The molecule has 22 heavy (non-hydrogen) atoms. The fraction of sp³-hybridized carbons (Fsp3) is 0.200. The van der Waals surface area contributed by atoms with Crippen molar-refractivity contribution in [1.82, 2.24) is 0 Å². The lowest BCUT2D eigenvalue weighted by Crippen LogP contribution is -2.11. The summed E-state index contributed by atoms with van der Waals surface area (Å²) in [6.45, 7) is 0. The number of hydrogen-bond donors (Lipinski definition) is 1. The van der Waals surface area contributed by atoms with Crippen LogP contribution in [0.5, 0.6) is 11.5 Å². The Kier molecular flexibility index (Phi) is 4.36. The Balaban J connectivity index is 1.77. The van der Waals surface area contributed by atoms with Gasteiger partial charge in [-0.2, -0.15) is 0 Å². The highest BCUT2D eigenvalue weighted by Crippen LogP contribution is 2.46. The van der Waals surface area contributed by atoms with Crippen LogP contribution in [-0.4, -0.2) is 25.6 Å². The van der Waals surface area contributed by atoms with Crippen molar-refractivity contribution in [3.63, 3.8) is 0 Å². The summed E-state index contributed by atoms with van der Waals surface area (Å²) in [6, 6.07) is 15.0. The van der Waals surface area contributed by atoms with E-state index in [0.717, 1.165) is 16.8 Å². The molecule has 2 atom stereocenters. The van der Waals surface area contributed by atoms with Crippen LogP contribution in [0.3, 0.4) is 0 Å². The van der Waals surface area contributed by atoms with Crippen LogP contribution >= 0.6 is 7.60 Å². The summed E-state index contributed by atoms with van der Waals surface area (Å²) in [4.78, 5) is 9.57. The minimum Gasteiger partial charge on any atom is -0.457 e. The van der Waals surface area contributed by atoms with Crippen LogP contribution in [0.4, 0.5) is 0 Å². The van der Waals surface area contributed by atoms with E-state index in [1.165, 1.54) is 7.11 Å². The summed E-state index contributed by atoms with van der Waals surface area (Å²) in [5.41, 5.74) is 1.70. The van der Waals surface area contributed by atoms with Gasteiger partial charge in [-0.1, -0.05) is 24.3 Å². The monoisotopic (exact) mass is 317 g/mol. The molecular formula is C15H15BO5P. The highest BCUT2D eigenvalue weighted by molar-refractivity contribution is 7.52. The van der Waals surface area contributed by atoms with Gasteiger partial charge in [0.1, 0.15) is 11.5 Å². The van der Waals surface area contributed by atoms with Crippen LogP contribution in [0.15, 0.2) is 48.5 Å². The Morgan fingerprint density at radius 1 is 1.23 bits per heavy atom. The number of ether oxygens (including phenoxy) is 1. The zero-order valence-electron chi connectivity index (χ0n) is 12.0. The van der Waals surface area contributed by atoms with Gasteiger partial charge >= 0.3 is 15.1 Å². The van der Waals surface area contributed by atoms with Crippen LogP contribution < -0.4 is 10.2 Å². The smallest absolute Gasteiger partial charge is 0.331 e. The minimum atomic E-state index is -3.62. The molecule has 2 aromatic carbocycles. The first-order chi connectivity index (χ1) is 10.6. The second kappa shape index (κ2) is 6.27. The van der Waals surface area contributed by atoms with E-state index in [1.807, 2.05) is 48.5 Å². The summed E-state index contributed by atoms with van der Waals surface area (Å²) < 4.78 is 27.5. The van der Waals surface area contributed by atoms with Gasteiger partial charge in [-0.3, -0.25) is 4.57 Å². The van der Waals surface area contributed by atoms with E-state index in [4.69, 9.17) is 9.39 Å². The topological polar surface area (TPSA) is 65.0 Å². The summed E-state index contributed by atoms with van der Waals surface area (Å²) in [7, 11) is -0.825. The van der Waals surface area contributed by atoms with Crippen molar-refractivity contribution in [1.29, 1.82) is 0 Å². The Morgan fingerprint density at radius 3 is 2.73 bits per heavy atom. The largest absolute Gasteiger partial charge is 0.457 e. The van der Waals surface area contributed by atoms with Gasteiger partial charge in [-0.05, 0) is 35.3 Å². The van der Waals surface area contributed by atoms with Gasteiger partial charge in [0.05, 0.1) is 12.3 Å². The number of para-hydroxylation sites is 1. The average Bonchev–Trinajstić information content (AvgIpc) is 2.90. The van der Waals surface area contributed by atoms with E-state index in [0.29, 0.717) is 5.75 Å². The molecule has 0 saturated heterocycles. The van der Waals surface area contributed by atoms with Crippen LogP contribution in [0.25, 0.3) is 0 Å². The molecule has 1 N–H and O–H groups in total. The Hall–Kier alpha value is -1.59. The molecule has 0 bridgehead atoms. The van der Waals surface area contributed by atoms with E-state index in [-0.39, 0.29) is 6.16 Å². The van der Waals surface area contributed by atoms with Crippen molar-refractivity contribution in [2.24, 2.45) is 0 Å². The van der Waals surface area contributed by atoms with Gasteiger partial charge < -0.3 is 18.8 Å². The molecule has 5 nitrogen and oxygen atoms in total. The first-order valence-electron chi connectivity index (χ1n) is 6.80. The normalized spacial score (nSPS) is 19.1. The second-order valence-electron chi connectivity index (χ2n) is 4.95. The molecule has 3 rings (SSSR count). The van der Waals surface area contributed by atoms with Crippen LogP contribution in [0.1, 0.15) is 11.7 Å². The fourth-order valence-corrected chi connectivity index (χ4v) is 3.14. The van der Waals surface area contributed by atoms with Gasteiger partial charge in [-0.15, -0.1) is 0 Å². The van der Waals surface area contributed by atoms with Gasteiger partial charge in [0.2, 0.25) is 0 Å². The first-order valence-corrected chi connectivity index (χ1v) is 8.57. The summed E-state index contributed by atoms with van der Waals surface area (Å²) >= 11 is 0. The Bertz CT molecular complexity index is 706. The van der Waals surface area contributed by atoms with E-state index in [1.54, 1.807) is 7.48 Å². The lowest BCUT2D eigenvalue weighted by molar-refractivity contribution is 0.237. The maximum atomic E-state index is 11.7. The molecule has 0 amide bonds. The number of fused-ring (bicyclic) bond motifs is 1. The van der Waals surface area contributed by atoms with Crippen LogP contribution in [-0.2, 0) is 13.7 Å². The number of hydrogen-bond acceptors (Lipinski definition) is 4. The molecular weight excluding hydrogens is 302 g/mol. The maximum absolute atomic E-state index is 11.7. The van der Waals surface area contributed by atoms with Crippen molar-refractivity contribution in [2.45, 2.75) is 6.10 Å². The summed E-state index contributed by atoms with van der Waals surface area (Å²) in [5.74, 6) is 1.43. The predicted octanol–water partition coefficient (Wildman–Crippen LogP) is 2.63. The summed E-state index contributed by atoms with van der Waals surface area (Å²) in [6.07, 6.45) is -0.553. The number of benzene rings is 2. The maximum Gasteiger partial charge on any atom is 0.331 e. The molecule has 2 unspecified atom stereocenters. The molecule has 0 aromatic heterocycles. The average molecular weight is 317 g/mol. The minimum absolute atomic E-state index is 0.0775. The standard InChI is InChI=1S/C15H15BO5P/c1-19-22(17,18)10-15-13-8-7-12(9-14(13)16-21-15)20-11-5-3-2-4-6-11/h2-9,15H,10H2,1H3,(H,17,18). The molecule has 2 aromatic rings. The van der Waals surface area contributed by atoms with Crippen molar-refractivity contribution in [3.8, 4) is 11.5 Å². The molecule has 1 heterocycles. The van der Waals surface area contributed by atoms with Gasteiger partial charge in [-0.25, -0.2) is 0 Å². The quantitative estimate of drug-likeness (QED) is 0.678. The van der Waals surface area contributed by atoms with Crippen molar-refractivity contribution in [2.75, 3.05) is 13.3 Å². The lowest BCUT2D eigenvalue weighted by atomic mass is 9.86. The molecule has 1 aliphatic heterocycles. The van der Waals surface area contributed by atoms with E-state index < -0.39 is 13.7 Å². The molecule has 0 spiro atoms. The highest BCUT2D eigenvalue weighted by atomic mass is 31.2. The van der Waals surface area contributed by atoms with Gasteiger partial charge in [0, 0.05) is 7.11 Å². The third-order valence-electron chi connectivity index (χ3n) is 3.43. The zero-order chi connectivity index (χ0) is 15.6. The van der Waals surface area contributed by atoms with E-state index in [9.17, 15) is 9.46 Å². The molecule has 0 aliphatic carbocycles. The molecule has 113 valence electrons. The summed E-state index contributed by atoms with van der Waals surface area (Å²) in [5, 5.41) is 0. The highest BCUT2D eigenvalue weighted by Gasteiger charge is 2.32. The Morgan fingerprint density at radius 2 is 2.00 bits per heavy atom. The zero-order valence-corrected chi connectivity index (χ0v) is 12.9. The predicted molar refractivity (Wildman–Crippen MR) is 83.9 cm³/mol. The van der Waals surface area contributed by atoms with E-state index in [2.05, 4.69) is 4.52 Å². The van der Waals surface area contributed by atoms with Crippen molar-refractivity contribution >= 4 is 20.5 Å². The third-order valence-corrected chi connectivity index (χ3v) is 4.79. The molecule has 1 aliphatic rings. The van der Waals surface area contributed by atoms with Crippen LogP contribution in [0, 0.1) is 0 Å². The SMILES string of the molecule is COP(=O)(O)CC1O[B]c2cc(Oc3ccccc3)ccc21. The molecule has 7 heteroatoms. The number of rotatable bonds is 5. The Labute approximate surface area is 129 Å². The molecule has 0 saturated carbocycles. The second-order valence-corrected chi connectivity index (χ2v) is 6.96. The third kappa shape index (κ3) is 3.42. The van der Waals surface area contributed by atoms with E-state index >= 15 is 0 Å². The first kappa shape index (κ1) is 15.3. The van der Waals surface area contributed by atoms with Crippen molar-refractivity contribution < 1.29 is 23.4 Å². The van der Waals surface area contributed by atoms with Gasteiger partial charge in [0.15, 0.2) is 0 Å². The van der Waals surface area contributed by atoms with Crippen LogP contribution in [0.2, 0.25) is 0 Å². The van der Waals surface area contributed by atoms with Crippen molar-refractivity contribution in [3.05, 3.63) is 54.1 Å². The molecule has 1 radical (unpaired) electrons.